The van der Waals surface area contributed by atoms with Crippen molar-refractivity contribution in [3.63, 3.8) is 0 Å². The summed E-state index contributed by atoms with van der Waals surface area (Å²) in [5.41, 5.74) is 0.904. The molecule has 5 heteroatoms. The lowest BCUT2D eigenvalue weighted by atomic mass is 10.2. The molecule has 0 aliphatic heterocycles. The summed E-state index contributed by atoms with van der Waals surface area (Å²) in [7, 11) is 0. The maximum atomic E-state index is 13.3. The average molecular weight is 246 g/mol. The SMILES string of the molecule is N#Cc1cc(COc2cccc(F)c2F)ccn1. The van der Waals surface area contributed by atoms with Gasteiger partial charge < -0.3 is 4.74 Å². The van der Waals surface area contributed by atoms with Crippen LogP contribution in [0.15, 0.2) is 36.5 Å². The lowest BCUT2D eigenvalue weighted by molar-refractivity contribution is 0.284. The van der Waals surface area contributed by atoms with E-state index in [9.17, 15) is 8.78 Å². The van der Waals surface area contributed by atoms with E-state index in [4.69, 9.17) is 10.00 Å². The second-order valence-electron chi connectivity index (χ2n) is 3.50. The molecular formula is C13H8F2N2O. The van der Waals surface area contributed by atoms with Crippen LogP contribution in [0.1, 0.15) is 11.3 Å². The number of pyridine rings is 1. The van der Waals surface area contributed by atoms with E-state index in [2.05, 4.69) is 4.98 Å². The third-order valence-electron chi connectivity index (χ3n) is 2.25. The fourth-order valence-electron chi connectivity index (χ4n) is 1.38. The van der Waals surface area contributed by atoms with Gasteiger partial charge in [0.15, 0.2) is 11.6 Å². The molecule has 0 bridgehead atoms. The van der Waals surface area contributed by atoms with Crippen molar-refractivity contribution >= 4 is 0 Å². The minimum Gasteiger partial charge on any atom is -0.486 e. The zero-order chi connectivity index (χ0) is 13.0. The Morgan fingerprint density at radius 1 is 1.28 bits per heavy atom. The molecule has 0 aliphatic carbocycles. The molecule has 0 spiro atoms. The van der Waals surface area contributed by atoms with E-state index in [1.807, 2.05) is 6.07 Å². The first-order chi connectivity index (χ1) is 8.70. The number of ether oxygens (including phenoxy) is 1. The number of hydrogen-bond donors (Lipinski definition) is 0. The van der Waals surface area contributed by atoms with Crippen molar-refractivity contribution in [1.29, 1.82) is 5.26 Å². The van der Waals surface area contributed by atoms with E-state index in [1.165, 1.54) is 24.4 Å². The third kappa shape index (κ3) is 2.61. The molecule has 3 nitrogen and oxygen atoms in total. The Balaban J connectivity index is 2.12. The van der Waals surface area contributed by atoms with E-state index in [1.54, 1.807) is 6.07 Å². The molecule has 0 amide bonds. The largest absolute Gasteiger partial charge is 0.486 e. The Labute approximate surface area is 102 Å². The summed E-state index contributed by atoms with van der Waals surface area (Å²) in [6.45, 7) is 0.0393. The van der Waals surface area contributed by atoms with E-state index in [0.717, 1.165) is 6.07 Å². The van der Waals surface area contributed by atoms with Crippen LogP contribution in [-0.2, 0) is 6.61 Å². The molecule has 90 valence electrons. The fraction of sp³-hybridized carbons (Fsp3) is 0.0769. The van der Waals surface area contributed by atoms with E-state index < -0.39 is 11.6 Å². The van der Waals surface area contributed by atoms with Gasteiger partial charge in [0.25, 0.3) is 0 Å². The van der Waals surface area contributed by atoms with Crippen LogP contribution in [0.3, 0.4) is 0 Å². The molecule has 1 aromatic carbocycles. The van der Waals surface area contributed by atoms with Crippen molar-refractivity contribution in [2.24, 2.45) is 0 Å². The summed E-state index contributed by atoms with van der Waals surface area (Å²) < 4.78 is 31.4. The van der Waals surface area contributed by atoms with Gasteiger partial charge in [-0.05, 0) is 29.8 Å². The number of rotatable bonds is 3. The molecule has 2 rings (SSSR count). The predicted molar refractivity (Wildman–Crippen MR) is 59.6 cm³/mol. The van der Waals surface area contributed by atoms with Crippen molar-refractivity contribution in [1.82, 2.24) is 4.98 Å². The summed E-state index contributed by atoms with van der Waals surface area (Å²) in [6, 6.07) is 8.76. The normalized spacial score (nSPS) is 9.83. The molecule has 0 N–H and O–H groups in total. The lowest BCUT2D eigenvalue weighted by Gasteiger charge is -2.07. The van der Waals surface area contributed by atoms with Crippen molar-refractivity contribution in [2.75, 3.05) is 0 Å². The summed E-state index contributed by atoms with van der Waals surface area (Å²) >= 11 is 0. The van der Waals surface area contributed by atoms with Gasteiger partial charge in [0, 0.05) is 6.20 Å². The van der Waals surface area contributed by atoms with Gasteiger partial charge >= 0.3 is 0 Å². The Morgan fingerprint density at radius 2 is 2.11 bits per heavy atom. The molecule has 0 saturated carbocycles. The molecular weight excluding hydrogens is 238 g/mol. The van der Waals surface area contributed by atoms with Gasteiger partial charge in [0.2, 0.25) is 5.82 Å². The summed E-state index contributed by atoms with van der Waals surface area (Å²) in [5.74, 6) is -2.14. The Kier molecular flexibility index (Phi) is 3.49. The zero-order valence-electron chi connectivity index (χ0n) is 9.23. The summed E-state index contributed by atoms with van der Waals surface area (Å²) in [6.07, 6.45) is 1.46. The molecule has 0 fully saturated rings. The molecule has 0 radical (unpaired) electrons. The van der Waals surface area contributed by atoms with Crippen LogP contribution in [0, 0.1) is 23.0 Å². The number of aromatic nitrogens is 1. The Bertz CT molecular complexity index is 608. The average Bonchev–Trinajstić information content (AvgIpc) is 2.41. The van der Waals surface area contributed by atoms with Crippen LogP contribution in [0.25, 0.3) is 0 Å². The van der Waals surface area contributed by atoms with Crippen LogP contribution in [0.2, 0.25) is 0 Å². The van der Waals surface area contributed by atoms with E-state index in [-0.39, 0.29) is 18.1 Å². The van der Waals surface area contributed by atoms with Gasteiger partial charge in [-0.3, -0.25) is 0 Å². The highest BCUT2D eigenvalue weighted by molar-refractivity contribution is 5.27. The second kappa shape index (κ2) is 5.23. The van der Waals surface area contributed by atoms with Crippen LogP contribution in [0.4, 0.5) is 8.78 Å². The van der Waals surface area contributed by atoms with Crippen LogP contribution >= 0.6 is 0 Å². The molecule has 2 aromatic rings. The topological polar surface area (TPSA) is 45.9 Å². The highest BCUT2D eigenvalue weighted by atomic mass is 19.2. The molecule has 0 unspecified atom stereocenters. The van der Waals surface area contributed by atoms with E-state index in [0.29, 0.717) is 5.56 Å². The number of halogens is 2. The first kappa shape index (κ1) is 12.0. The molecule has 1 aromatic heterocycles. The maximum Gasteiger partial charge on any atom is 0.200 e. The Morgan fingerprint density at radius 3 is 2.89 bits per heavy atom. The van der Waals surface area contributed by atoms with Crippen molar-refractivity contribution < 1.29 is 13.5 Å². The van der Waals surface area contributed by atoms with Gasteiger partial charge in [0.1, 0.15) is 18.4 Å². The van der Waals surface area contributed by atoms with Gasteiger partial charge in [0.05, 0.1) is 0 Å². The molecule has 18 heavy (non-hydrogen) atoms. The zero-order valence-corrected chi connectivity index (χ0v) is 9.23. The van der Waals surface area contributed by atoms with Crippen molar-refractivity contribution in [3.05, 3.63) is 59.4 Å². The van der Waals surface area contributed by atoms with Crippen LogP contribution < -0.4 is 4.74 Å². The first-order valence-corrected chi connectivity index (χ1v) is 5.12. The summed E-state index contributed by atoms with van der Waals surface area (Å²) in [5, 5.41) is 8.66. The second-order valence-corrected chi connectivity index (χ2v) is 3.50. The van der Waals surface area contributed by atoms with E-state index >= 15 is 0 Å². The first-order valence-electron chi connectivity index (χ1n) is 5.12. The minimum absolute atomic E-state index is 0.0393. The highest BCUT2D eigenvalue weighted by Crippen LogP contribution is 2.20. The number of hydrogen-bond acceptors (Lipinski definition) is 3. The van der Waals surface area contributed by atoms with Crippen molar-refractivity contribution in [3.8, 4) is 11.8 Å². The number of nitrogens with zero attached hydrogens (tertiary/aromatic N) is 2. The molecule has 0 atom stereocenters. The smallest absolute Gasteiger partial charge is 0.200 e. The summed E-state index contributed by atoms with van der Waals surface area (Å²) in [4.78, 5) is 3.79. The van der Waals surface area contributed by atoms with Gasteiger partial charge in [-0.2, -0.15) is 9.65 Å². The van der Waals surface area contributed by atoms with Gasteiger partial charge in [-0.15, -0.1) is 0 Å². The van der Waals surface area contributed by atoms with Gasteiger partial charge in [-0.25, -0.2) is 9.37 Å². The Hall–Kier alpha value is -2.48. The van der Waals surface area contributed by atoms with Crippen LogP contribution in [0.5, 0.6) is 5.75 Å². The van der Waals surface area contributed by atoms with Gasteiger partial charge in [-0.1, -0.05) is 6.07 Å². The standard InChI is InChI=1S/C13H8F2N2O/c14-11-2-1-3-12(13(11)15)18-8-9-4-5-17-10(6-9)7-16/h1-6H,8H2. The predicted octanol–water partition coefficient (Wildman–Crippen LogP) is 2.81. The quantitative estimate of drug-likeness (QED) is 0.836. The fourth-order valence-corrected chi connectivity index (χ4v) is 1.38. The maximum absolute atomic E-state index is 13.3. The molecule has 0 saturated heterocycles. The molecule has 1 heterocycles. The van der Waals surface area contributed by atoms with Crippen molar-refractivity contribution in [2.45, 2.75) is 6.61 Å². The van der Waals surface area contributed by atoms with Crippen LogP contribution in [-0.4, -0.2) is 4.98 Å². The minimum atomic E-state index is -1.02. The highest BCUT2D eigenvalue weighted by Gasteiger charge is 2.08. The monoisotopic (exact) mass is 246 g/mol. The number of benzene rings is 1. The number of nitriles is 1. The lowest BCUT2D eigenvalue weighted by Crippen LogP contribution is -1.99. The third-order valence-corrected chi connectivity index (χ3v) is 2.25. The molecule has 0 aliphatic rings.